The number of Topliss-reactive ketones (excluding diaryl/α,β-unsaturated/α-hetero) is 2. The quantitative estimate of drug-likeness (QED) is 0.156. The van der Waals surface area contributed by atoms with Gasteiger partial charge in [0, 0.05) is 28.9 Å². The molecule has 1 N–H and O–H groups in total. The number of nitro groups is 1. The molecular weight excluding hydrogens is 424 g/mol. The largest absolute Gasteiger partial charge is 0.507 e. The van der Waals surface area contributed by atoms with Crippen LogP contribution in [0.1, 0.15) is 34.5 Å². The van der Waals surface area contributed by atoms with E-state index in [4.69, 9.17) is 0 Å². The minimum atomic E-state index is -1.02. The van der Waals surface area contributed by atoms with Gasteiger partial charge in [0.05, 0.1) is 16.5 Å². The molecule has 1 amide bonds. The average molecular weight is 442 g/mol. The molecule has 0 spiro atoms. The Balaban J connectivity index is 1.91. The van der Waals surface area contributed by atoms with E-state index < -0.39 is 22.7 Å². The molecule has 8 nitrogen and oxygen atoms in total. The van der Waals surface area contributed by atoms with Crippen LogP contribution in [0.25, 0.3) is 5.76 Å². The molecule has 0 aromatic heterocycles. The molecule has 3 aromatic carbocycles. The van der Waals surface area contributed by atoms with Crippen LogP contribution in [0.3, 0.4) is 0 Å². The maximum Gasteiger partial charge on any atom is 0.300 e. The van der Waals surface area contributed by atoms with Crippen molar-refractivity contribution in [2.75, 3.05) is 4.90 Å². The van der Waals surface area contributed by atoms with Crippen LogP contribution in [-0.4, -0.2) is 27.5 Å². The Labute approximate surface area is 188 Å². The molecule has 1 aliphatic heterocycles. The smallest absolute Gasteiger partial charge is 0.300 e. The van der Waals surface area contributed by atoms with Crippen molar-refractivity contribution in [3.05, 3.63) is 111 Å². The van der Waals surface area contributed by atoms with Gasteiger partial charge in [-0.05, 0) is 48.9 Å². The summed E-state index contributed by atoms with van der Waals surface area (Å²) in [7, 11) is 0. The van der Waals surface area contributed by atoms with Gasteiger partial charge in [0.1, 0.15) is 5.76 Å². The van der Waals surface area contributed by atoms with Crippen LogP contribution in [-0.2, 0) is 9.59 Å². The van der Waals surface area contributed by atoms with E-state index in [0.29, 0.717) is 22.4 Å². The highest BCUT2D eigenvalue weighted by molar-refractivity contribution is 6.51. The van der Waals surface area contributed by atoms with Crippen LogP contribution in [0.2, 0.25) is 0 Å². The maximum absolute atomic E-state index is 13.1. The minimum absolute atomic E-state index is 0.129. The van der Waals surface area contributed by atoms with E-state index in [2.05, 4.69) is 0 Å². The van der Waals surface area contributed by atoms with Gasteiger partial charge in [-0.25, -0.2) is 0 Å². The Morgan fingerprint density at radius 2 is 1.52 bits per heavy atom. The van der Waals surface area contributed by atoms with Gasteiger partial charge in [-0.2, -0.15) is 0 Å². The number of benzene rings is 3. The van der Waals surface area contributed by atoms with Gasteiger partial charge in [-0.1, -0.05) is 30.3 Å². The van der Waals surface area contributed by atoms with Crippen LogP contribution in [0.4, 0.5) is 11.4 Å². The number of rotatable bonds is 5. The molecule has 0 bridgehead atoms. The molecule has 164 valence electrons. The summed E-state index contributed by atoms with van der Waals surface area (Å²) in [6.07, 6.45) is 0. The number of hydrogen-bond acceptors (Lipinski definition) is 6. The fourth-order valence-electron chi connectivity index (χ4n) is 3.80. The molecule has 1 atom stereocenters. The number of nitrogens with zero attached hydrogens (tertiary/aromatic N) is 2. The van der Waals surface area contributed by atoms with E-state index in [-0.39, 0.29) is 22.8 Å². The van der Waals surface area contributed by atoms with Crippen LogP contribution in [0.5, 0.6) is 0 Å². The first-order chi connectivity index (χ1) is 15.8. The third-order valence-corrected chi connectivity index (χ3v) is 5.46. The zero-order chi connectivity index (χ0) is 23.7. The molecule has 0 radical (unpaired) electrons. The molecular formula is C25H18N2O6. The Morgan fingerprint density at radius 1 is 0.909 bits per heavy atom. The SMILES string of the molecule is CC(=O)c1ccc(N2C(=O)C(=O)/C(=C(/O)c3ccccc3)[C@@H]2c2ccc([N+](=O)[O-])cc2)cc1. The molecule has 3 aromatic rings. The summed E-state index contributed by atoms with van der Waals surface area (Å²) in [6.45, 7) is 1.41. The molecule has 1 aliphatic rings. The number of carbonyl (C=O) groups excluding carboxylic acids is 3. The first-order valence-corrected chi connectivity index (χ1v) is 10.0. The normalized spacial score (nSPS) is 17.2. The lowest BCUT2D eigenvalue weighted by atomic mass is 9.95. The molecule has 0 aliphatic carbocycles. The van der Waals surface area contributed by atoms with E-state index in [0.717, 1.165) is 0 Å². The van der Waals surface area contributed by atoms with E-state index in [1.807, 2.05) is 0 Å². The second-order valence-electron chi connectivity index (χ2n) is 7.49. The van der Waals surface area contributed by atoms with Crippen LogP contribution in [0, 0.1) is 10.1 Å². The van der Waals surface area contributed by atoms with E-state index >= 15 is 0 Å². The number of non-ortho nitro benzene ring substituents is 1. The van der Waals surface area contributed by atoms with Crippen molar-refractivity contribution >= 4 is 34.6 Å². The fourth-order valence-corrected chi connectivity index (χ4v) is 3.80. The third kappa shape index (κ3) is 3.89. The molecule has 33 heavy (non-hydrogen) atoms. The summed E-state index contributed by atoms with van der Waals surface area (Å²) in [6, 6.07) is 18.9. The van der Waals surface area contributed by atoms with Gasteiger partial charge in [0.2, 0.25) is 0 Å². The van der Waals surface area contributed by atoms with Crippen molar-refractivity contribution in [1.82, 2.24) is 0 Å². The highest BCUT2D eigenvalue weighted by atomic mass is 16.6. The summed E-state index contributed by atoms with van der Waals surface area (Å²) in [5.41, 5.74) is 1.27. The van der Waals surface area contributed by atoms with Crippen molar-refractivity contribution in [3.8, 4) is 0 Å². The van der Waals surface area contributed by atoms with Crippen LogP contribution < -0.4 is 4.90 Å². The van der Waals surface area contributed by atoms with E-state index in [1.54, 1.807) is 54.6 Å². The summed E-state index contributed by atoms with van der Waals surface area (Å²) in [5.74, 6) is -2.23. The number of hydrogen-bond donors (Lipinski definition) is 1. The van der Waals surface area contributed by atoms with E-state index in [9.17, 15) is 29.6 Å². The zero-order valence-electron chi connectivity index (χ0n) is 17.5. The van der Waals surface area contributed by atoms with E-state index in [1.165, 1.54) is 36.1 Å². The first kappa shape index (κ1) is 21.6. The summed E-state index contributed by atoms with van der Waals surface area (Å²) >= 11 is 0. The van der Waals surface area contributed by atoms with Crippen molar-refractivity contribution < 1.29 is 24.4 Å². The second kappa shape index (κ2) is 8.51. The predicted molar refractivity (Wildman–Crippen MR) is 121 cm³/mol. The summed E-state index contributed by atoms with van der Waals surface area (Å²) < 4.78 is 0. The van der Waals surface area contributed by atoms with Gasteiger partial charge in [0.25, 0.3) is 17.4 Å². The third-order valence-electron chi connectivity index (χ3n) is 5.46. The second-order valence-corrected chi connectivity index (χ2v) is 7.49. The molecule has 4 rings (SSSR count). The Morgan fingerprint density at radius 3 is 2.06 bits per heavy atom. The standard InChI is InChI=1S/C25H18N2O6/c1-15(28)16-7-11-19(12-8-16)26-22(17-9-13-20(14-10-17)27(32)33)21(24(30)25(26)31)23(29)18-5-3-2-4-6-18/h2-14,22,29H,1H3/b23-21+/t22-/m0/s1. The van der Waals surface area contributed by atoms with Crippen LogP contribution in [0.15, 0.2) is 84.4 Å². The molecule has 1 fully saturated rings. The first-order valence-electron chi connectivity index (χ1n) is 10.0. The molecule has 0 unspecified atom stereocenters. The Hall–Kier alpha value is -4.59. The minimum Gasteiger partial charge on any atom is -0.507 e. The fraction of sp³-hybridized carbons (Fsp3) is 0.0800. The lowest BCUT2D eigenvalue weighted by Gasteiger charge is -2.25. The lowest BCUT2D eigenvalue weighted by molar-refractivity contribution is -0.384. The van der Waals surface area contributed by atoms with Gasteiger partial charge >= 0.3 is 0 Å². The lowest BCUT2D eigenvalue weighted by Crippen LogP contribution is -2.29. The number of aliphatic hydroxyl groups excluding tert-OH is 1. The number of nitro benzene ring substituents is 1. The Bertz CT molecular complexity index is 1290. The molecule has 0 saturated carbocycles. The monoisotopic (exact) mass is 442 g/mol. The van der Waals surface area contributed by atoms with Gasteiger partial charge in [0.15, 0.2) is 5.78 Å². The number of ketones is 2. The molecule has 1 heterocycles. The average Bonchev–Trinajstić information content (AvgIpc) is 3.09. The van der Waals surface area contributed by atoms with Crippen molar-refractivity contribution in [3.63, 3.8) is 0 Å². The molecule has 8 heteroatoms. The maximum atomic E-state index is 13.1. The number of amides is 1. The van der Waals surface area contributed by atoms with Crippen molar-refractivity contribution in [2.45, 2.75) is 13.0 Å². The summed E-state index contributed by atoms with van der Waals surface area (Å²) in [4.78, 5) is 49.5. The van der Waals surface area contributed by atoms with Gasteiger partial charge in [-0.15, -0.1) is 0 Å². The van der Waals surface area contributed by atoms with Gasteiger partial charge in [-0.3, -0.25) is 29.4 Å². The number of carbonyl (C=O) groups is 3. The summed E-state index contributed by atoms with van der Waals surface area (Å²) in [5, 5.41) is 22.1. The number of aliphatic hydroxyl groups is 1. The number of anilines is 1. The Kier molecular flexibility index (Phi) is 5.58. The topological polar surface area (TPSA) is 118 Å². The van der Waals surface area contributed by atoms with Crippen molar-refractivity contribution in [2.24, 2.45) is 0 Å². The highest BCUT2D eigenvalue weighted by Crippen LogP contribution is 2.42. The van der Waals surface area contributed by atoms with Crippen LogP contribution >= 0.6 is 0 Å². The molecule has 1 saturated heterocycles. The highest BCUT2D eigenvalue weighted by Gasteiger charge is 2.47. The predicted octanol–water partition coefficient (Wildman–Crippen LogP) is 4.42. The van der Waals surface area contributed by atoms with Crippen molar-refractivity contribution in [1.29, 1.82) is 0 Å². The zero-order valence-corrected chi connectivity index (χ0v) is 17.5. The van der Waals surface area contributed by atoms with Gasteiger partial charge < -0.3 is 5.11 Å².